The molecule has 138 valence electrons. The van der Waals surface area contributed by atoms with Gasteiger partial charge in [0, 0.05) is 11.6 Å². The smallest absolute Gasteiger partial charge is 0.321 e. The highest BCUT2D eigenvalue weighted by Gasteiger charge is 2.17. The molecule has 1 aliphatic rings. The minimum absolute atomic E-state index is 0.0353. The summed E-state index contributed by atoms with van der Waals surface area (Å²) in [5, 5.41) is 13.4. The third-order valence-corrected chi connectivity index (χ3v) is 5.01. The van der Waals surface area contributed by atoms with Crippen molar-refractivity contribution in [3.05, 3.63) is 29.8 Å². The van der Waals surface area contributed by atoms with Crippen LogP contribution in [0.5, 0.6) is 0 Å². The molecule has 0 atom stereocenters. The Hall–Kier alpha value is -2.35. The summed E-state index contributed by atoms with van der Waals surface area (Å²) in [4.78, 5) is 23.8. The van der Waals surface area contributed by atoms with E-state index in [0.717, 1.165) is 48.6 Å². The molecule has 1 saturated carbocycles. The van der Waals surface area contributed by atoms with Gasteiger partial charge in [-0.3, -0.25) is 10.1 Å². The van der Waals surface area contributed by atoms with Crippen molar-refractivity contribution in [2.45, 2.75) is 50.3 Å². The molecule has 2 N–H and O–H groups in total. The van der Waals surface area contributed by atoms with Crippen LogP contribution in [-0.4, -0.2) is 33.9 Å². The van der Waals surface area contributed by atoms with Crippen molar-refractivity contribution < 1.29 is 14.0 Å². The van der Waals surface area contributed by atoms with Crippen molar-refractivity contribution in [2.75, 3.05) is 5.75 Å². The summed E-state index contributed by atoms with van der Waals surface area (Å²) < 4.78 is 5.56. The first-order valence-corrected chi connectivity index (χ1v) is 9.72. The van der Waals surface area contributed by atoms with E-state index in [1.54, 1.807) is 0 Å². The molecule has 2 aromatic rings. The molecule has 0 spiro atoms. The Morgan fingerprint density at radius 3 is 2.81 bits per heavy atom. The van der Waals surface area contributed by atoms with Gasteiger partial charge in [0.05, 0.1) is 5.75 Å². The fraction of sp³-hybridized carbons (Fsp3) is 0.444. The topological polar surface area (TPSA) is 97.1 Å². The SMILES string of the molecule is Cc1cccc(-c2nnc(SCC(=O)NC(=O)NC3CCCCC3)o2)c1. The number of urea groups is 1. The number of hydrogen-bond donors (Lipinski definition) is 2. The number of nitrogens with zero attached hydrogens (tertiary/aromatic N) is 2. The van der Waals surface area contributed by atoms with E-state index in [2.05, 4.69) is 20.8 Å². The lowest BCUT2D eigenvalue weighted by Gasteiger charge is -2.22. The van der Waals surface area contributed by atoms with Gasteiger partial charge in [0.2, 0.25) is 11.8 Å². The minimum atomic E-state index is -0.437. The first-order valence-electron chi connectivity index (χ1n) is 8.74. The van der Waals surface area contributed by atoms with E-state index in [1.165, 1.54) is 6.42 Å². The average molecular weight is 374 g/mol. The predicted molar refractivity (Wildman–Crippen MR) is 98.7 cm³/mol. The maximum atomic E-state index is 11.9. The standard InChI is InChI=1S/C18H22N4O3S/c1-12-6-5-7-13(10-12)16-21-22-18(25-16)26-11-15(23)20-17(24)19-14-8-3-2-4-9-14/h5-7,10,14H,2-4,8-9,11H2,1H3,(H2,19,20,23,24). The Labute approximate surface area is 156 Å². The highest BCUT2D eigenvalue weighted by Crippen LogP contribution is 2.23. The summed E-state index contributed by atoms with van der Waals surface area (Å²) in [5.74, 6) is 0.0540. The van der Waals surface area contributed by atoms with Crippen LogP contribution >= 0.6 is 11.8 Å². The Bertz CT molecular complexity index is 771. The molecular formula is C18H22N4O3S. The lowest BCUT2D eigenvalue weighted by atomic mass is 9.96. The van der Waals surface area contributed by atoms with Crippen molar-refractivity contribution in [1.82, 2.24) is 20.8 Å². The predicted octanol–water partition coefficient (Wildman–Crippen LogP) is 3.30. The zero-order valence-corrected chi connectivity index (χ0v) is 15.5. The van der Waals surface area contributed by atoms with Crippen molar-refractivity contribution in [1.29, 1.82) is 0 Å². The van der Waals surface area contributed by atoms with Gasteiger partial charge in [-0.05, 0) is 31.9 Å². The summed E-state index contributed by atoms with van der Waals surface area (Å²) in [6, 6.07) is 7.46. The van der Waals surface area contributed by atoms with E-state index < -0.39 is 11.9 Å². The van der Waals surface area contributed by atoms with Crippen LogP contribution in [0.3, 0.4) is 0 Å². The number of hydrogen-bond acceptors (Lipinski definition) is 6. The number of imide groups is 1. The summed E-state index contributed by atoms with van der Waals surface area (Å²) in [5.41, 5.74) is 1.93. The van der Waals surface area contributed by atoms with Gasteiger partial charge in [-0.1, -0.05) is 48.7 Å². The second-order valence-corrected chi connectivity index (χ2v) is 7.31. The first-order chi connectivity index (χ1) is 12.6. The molecule has 3 amide bonds. The number of amides is 3. The molecule has 0 unspecified atom stereocenters. The lowest BCUT2D eigenvalue weighted by molar-refractivity contribution is -0.117. The average Bonchev–Trinajstić information content (AvgIpc) is 3.10. The van der Waals surface area contributed by atoms with Gasteiger partial charge in [-0.2, -0.15) is 0 Å². The molecule has 3 rings (SSSR count). The molecule has 1 aliphatic carbocycles. The normalized spacial score (nSPS) is 14.8. The summed E-state index contributed by atoms with van der Waals surface area (Å²) in [7, 11) is 0. The molecule has 8 heteroatoms. The monoisotopic (exact) mass is 374 g/mol. The maximum absolute atomic E-state index is 11.9. The number of rotatable bonds is 5. The van der Waals surface area contributed by atoms with Gasteiger partial charge in [0.15, 0.2) is 0 Å². The number of nitrogens with one attached hydrogen (secondary N) is 2. The summed E-state index contributed by atoms with van der Waals surface area (Å²) >= 11 is 1.10. The second-order valence-electron chi connectivity index (χ2n) is 6.39. The fourth-order valence-corrected chi connectivity index (χ4v) is 3.48. The van der Waals surface area contributed by atoms with E-state index >= 15 is 0 Å². The van der Waals surface area contributed by atoms with Gasteiger partial charge in [-0.25, -0.2) is 4.79 Å². The van der Waals surface area contributed by atoms with E-state index in [-0.39, 0.29) is 11.8 Å². The number of aryl methyl sites for hydroxylation is 1. The Balaban J connectivity index is 1.45. The number of benzene rings is 1. The molecule has 26 heavy (non-hydrogen) atoms. The van der Waals surface area contributed by atoms with Gasteiger partial charge < -0.3 is 9.73 Å². The Morgan fingerprint density at radius 1 is 1.23 bits per heavy atom. The lowest BCUT2D eigenvalue weighted by Crippen LogP contribution is -2.45. The van der Waals surface area contributed by atoms with Gasteiger partial charge in [-0.15, -0.1) is 10.2 Å². The van der Waals surface area contributed by atoms with Crippen LogP contribution < -0.4 is 10.6 Å². The van der Waals surface area contributed by atoms with Crippen LogP contribution in [-0.2, 0) is 4.79 Å². The molecule has 7 nitrogen and oxygen atoms in total. The van der Waals surface area contributed by atoms with E-state index in [9.17, 15) is 9.59 Å². The summed E-state index contributed by atoms with van der Waals surface area (Å²) in [6.45, 7) is 1.98. The fourth-order valence-electron chi connectivity index (χ4n) is 2.92. The third kappa shape index (κ3) is 5.32. The zero-order valence-electron chi connectivity index (χ0n) is 14.7. The van der Waals surface area contributed by atoms with Crippen LogP contribution in [0.15, 0.2) is 33.9 Å². The van der Waals surface area contributed by atoms with Gasteiger partial charge in [0.1, 0.15) is 0 Å². The maximum Gasteiger partial charge on any atom is 0.321 e. The van der Waals surface area contributed by atoms with Crippen LogP contribution in [0.1, 0.15) is 37.7 Å². The second kappa shape index (κ2) is 8.84. The summed E-state index contributed by atoms with van der Waals surface area (Å²) in [6.07, 6.45) is 5.40. The quantitative estimate of drug-likeness (QED) is 0.780. The Kier molecular flexibility index (Phi) is 6.27. The van der Waals surface area contributed by atoms with Crippen LogP contribution in [0, 0.1) is 6.92 Å². The Morgan fingerprint density at radius 2 is 2.04 bits per heavy atom. The molecule has 1 aromatic heterocycles. The van der Waals surface area contributed by atoms with E-state index in [4.69, 9.17) is 4.42 Å². The number of thioether (sulfide) groups is 1. The minimum Gasteiger partial charge on any atom is -0.411 e. The number of carbonyl (C=O) groups is 2. The number of carbonyl (C=O) groups excluding carboxylic acids is 2. The van der Waals surface area contributed by atoms with E-state index in [1.807, 2.05) is 31.2 Å². The number of aromatic nitrogens is 2. The highest BCUT2D eigenvalue weighted by molar-refractivity contribution is 7.99. The van der Waals surface area contributed by atoms with Crippen LogP contribution in [0.25, 0.3) is 11.5 Å². The largest absolute Gasteiger partial charge is 0.411 e. The third-order valence-electron chi connectivity index (χ3n) is 4.19. The zero-order chi connectivity index (χ0) is 18.4. The molecule has 0 radical (unpaired) electrons. The first kappa shape index (κ1) is 18.4. The molecule has 1 fully saturated rings. The highest BCUT2D eigenvalue weighted by atomic mass is 32.2. The van der Waals surface area contributed by atoms with Crippen molar-refractivity contribution in [2.24, 2.45) is 0 Å². The molecule has 0 saturated heterocycles. The van der Waals surface area contributed by atoms with E-state index in [0.29, 0.717) is 11.1 Å². The molecular weight excluding hydrogens is 352 g/mol. The molecule has 0 bridgehead atoms. The van der Waals surface area contributed by atoms with Crippen LogP contribution in [0.4, 0.5) is 4.79 Å². The van der Waals surface area contributed by atoms with Crippen molar-refractivity contribution in [3.63, 3.8) is 0 Å². The molecule has 1 heterocycles. The van der Waals surface area contributed by atoms with Crippen LogP contribution in [0.2, 0.25) is 0 Å². The van der Waals surface area contributed by atoms with Gasteiger partial charge >= 0.3 is 6.03 Å². The van der Waals surface area contributed by atoms with Crippen molar-refractivity contribution in [3.8, 4) is 11.5 Å². The molecule has 1 aromatic carbocycles. The van der Waals surface area contributed by atoms with Gasteiger partial charge in [0.25, 0.3) is 5.22 Å². The van der Waals surface area contributed by atoms with Crippen molar-refractivity contribution >= 4 is 23.7 Å². The molecule has 0 aliphatic heterocycles.